The Hall–Kier alpha value is -1.93. The molecule has 1 fully saturated rings. The van der Waals surface area contributed by atoms with Crippen molar-refractivity contribution in [1.29, 1.82) is 0 Å². The van der Waals surface area contributed by atoms with E-state index in [9.17, 15) is 0 Å². The second kappa shape index (κ2) is 9.68. The molecule has 1 aliphatic heterocycles. The molecule has 8 heteroatoms. The van der Waals surface area contributed by atoms with Gasteiger partial charge in [0, 0.05) is 25.9 Å². The van der Waals surface area contributed by atoms with Crippen molar-refractivity contribution in [2.45, 2.75) is 18.5 Å². The number of aromatic nitrogens is 3. The summed E-state index contributed by atoms with van der Waals surface area (Å²) in [6.07, 6.45) is 1.00. The maximum absolute atomic E-state index is 5.79. The highest BCUT2D eigenvalue weighted by molar-refractivity contribution is 7.99. The second-order valence-corrected chi connectivity index (χ2v) is 7.02. The summed E-state index contributed by atoms with van der Waals surface area (Å²) in [4.78, 5) is 2.21. The molecule has 7 nitrogen and oxygen atoms in total. The van der Waals surface area contributed by atoms with E-state index in [1.165, 1.54) is 0 Å². The lowest BCUT2D eigenvalue weighted by molar-refractivity contribution is 0.121. The standard InChI is InChI=1S/C18H26N4O3S/c1-3-10-24-15-4-6-16(7-5-15)25-13-14-26-18-20-19-17(21(18)2)22-8-11-23-12-9-22/h4-7H,3,8-14H2,1-2H3. The molecule has 0 spiro atoms. The molecule has 142 valence electrons. The van der Waals surface area contributed by atoms with Crippen LogP contribution in [0.2, 0.25) is 0 Å². The van der Waals surface area contributed by atoms with Crippen LogP contribution in [-0.2, 0) is 11.8 Å². The number of ether oxygens (including phenoxy) is 3. The highest BCUT2D eigenvalue weighted by Crippen LogP contribution is 2.22. The van der Waals surface area contributed by atoms with E-state index in [-0.39, 0.29) is 0 Å². The van der Waals surface area contributed by atoms with E-state index in [4.69, 9.17) is 14.2 Å². The molecule has 0 saturated carbocycles. The first kappa shape index (κ1) is 18.8. The van der Waals surface area contributed by atoms with Gasteiger partial charge in [-0.15, -0.1) is 10.2 Å². The summed E-state index contributed by atoms with van der Waals surface area (Å²) in [6, 6.07) is 7.76. The van der Waals surface area contributed by atoms with E-state index in [1.807, 2.05) is 35.9 Å². The molecule has 3 rings (SSSR count). The van der Waals surface area contributed by atoms with Crippen molar-refractivity contribution in [3.63, 3.8) is 0 Å². The van der Waals surface area contributed by atoms with Gasteiger partial charge < -0.3 is 19.1 Å². The second-order valence-electron chi connectivity index (χ2n) is 5.96. The Morgan fingerprint density at radius 1 is 1.04 bits per heavy atom. The average molecular weight is 378 g/mol. The molecule has 2 heterocycles. The normalized spacial score (nSPS) is 14.5. The summed E-state index contributed by atoms with van der Waals surface area (Å²) in [5, 5.41) is 9.52. The number of anilines is 1. The van der Waals surface area contributed by atoms with Gasteiger partial charge in [-0.1, -0.05) is 18.7 Å². The molecule has 2 aromatic rings. The van der Waals surface area contributed by atoms with E-state index in [0.29, 0.717) is 6.61 Å². The molecule has 1 saturated heterocycles. The molecule has 1 aliphatic rings. The predicted molar refractivity (Wildman–Crippen MR) is 102 cm³/mol. The lowest BCUT2D eigenvalue weighted by atomic mass is 10.3. The van der Waals surface area contributed by atoms with E-state index in [0.717, 1.165) is 67.7 Å². The van der Waals surface area contributed by atoms with Gasteiger partial charge in [0.25, 0.3) is 0 Å². The topological polar surface area (TPSA) is 61.6 Å². The molecule has 0 amide bonds. The molecule has 0 bridgehead atoms. The van der Waals surface area contributed by atoms with Crippen molar-refractivity contribution >= 4 is 17.7 Å². The Balaban J connectivity index is 1.43. The molecule has 0 radical (unpaired) electrons. The van der Waals surface area contributed by atoms with Crippen molar-refractivity contribution < 1.29 is 14.2 Å². The van der Waals surface area contributed by atoms with Gasteiger partial charge in [0.15, 0.2) is 5.16 Å². The Morgan fingerprint density at radius 2 is 1.69 bits per heavy atom. The van der Waals surface area contributed by atoms with Crippen LogP contribution in [0, 0.1) is 0 Å². The predicted octanol–water partition coefficient (Wildman–Crippen LogP) is 2.61. The van der Waals surface area contributed by atoms with Crippen LogP contribution in [0.1, 0.15) is 13.3 Å². The first-order valence-corrected chi connectivity index (χ1v) is 9.97. The third kappa shape index (κ3) is 5.04. The van der Waals surface area contributed by atoms with E-state index < -0.39 is 0 Å². The average Bonchev–Trinajstić information content (AvgIpc) is 3.06. The number of hydrogen-bond acceptors (Lipinski definition) is 7. The maximum atomic E-state index is 5.79. The Morgan fingerprint density at radius 3 is 2.35 bits per heavy atom. The third-order valence-corrected chi connectivity index (χ3v) is 4.97. The van der Waals surface area contributed by atoms with E-state index in [2.05, 4.69) is 22.0 Å². The van der Waals surface area contributed by atoms with Crippen LogP contribution < -0.4 is 14.4 Å². The fraction of sp³-hybridized carbons (Fsp3) is 0.556. The zero-order chi connectivity index (χ0) is 18.2. The van der Waals surface area contributed by atoms with Crippen LogP contribution in [0.4, 0.5) is 5.95 Å². The summed E-state index contributed by atoms with van der Waals surface area (Å²) in [7, 11) is 2.00. The van der Waals surface area contributed by atoms with Gasteiger partial charge in [-0.3, -0.25) is 4.57 Å². The number of benzene rings is 1. The lowest BCUT2D eigenvalue weighted by Gasteiger charge is -2.27. The van der Waals surface area contributed by atoms with Gasteiger partial charge in [0.05, 0.1) is 26.4 Å². The summed E-state index contributed by atoms with van der Waals surface area (Å²) < 4.78 is 18.8. The largest absolute Gasteiger partial charge is 0.494 e. The van der Waals surface area contributed by atoms with Gasteiger partial charge in [0.1, 0.15) is 11.5 Å². The van der Waals surface area contributed by atoms with Crippen LogP contribution in [0.5, 0.6) is 11.5 Å². The molecule has 0 N–H and O–H groups in total. The van der Waals surface area contributed by atoms with Crippen molar-refractivity contribution in [2.24, 2.45) is 7.05 Å². The Bertz CT molecular complexity index is 672. The monoisotopic (exact) mass is 378 g/mol. The van der Waals surface area contributed by atoms with E-state index >= 15 is 0 Å². The summed E-state index contributed by atoms with van der Waals surface area (Å²) in [5.74, 6) is 3.44. The minimum Gasteiger partial charge on any atom is -0.494 e. The Labute approximate surface area is 158 Å². The van der Waals surface area contributed by atoms with Gasteiger partial charge >= 0.3 is 0 Å². The fourth-order valence-corrected chi connectivity index (χ4v) is 3.34. The van der Waals surface area contributed by atoms with Crippen molar-refractivity contribution in [3.8, 4) is 11.5 Å². The highest BCUT2D eigenvalue weighted by atomic mass is 32.2. The molecule has 1 aromatic heterocycles. The highest BCUT2D eigenvalue weighted by Gasteiger charge is 2.18. The number of morpholine rings is 1. The SMILES string of the molecule is CCCOc1ccc(OCCSc2nnc(N3CCOCC3)n2C)cc1. The van der Waals surface area contributed by atoms with Crippen LogP contribution >= 0.6 is 11.8 Å². The van der Waals surface area contributed by atoms with Gasteiger partial charge in [-0.2, -0.15) is 0 Å². The lowest BCUT2D eigenvalue weighted by Crippen LogP contribution is -2.37. The van der Waals surface area contributed by atoms with Crippen molar-refractivity contribution in [1.82, 2.24) is 14.8 Å². The van der Waals surface area contributed by atoms with Gasteiger partial charge in [-0.05, 0) is 30.7 Å². The zero-order valence-electron chi connectivity index (χ0n) is 15.4. The first-order valence-electron chi connectivity index (χ1n) is 8.98. The third-order valence-electron chi connectivity index (χ3n) is 3.99. The zero-order valence-corrected chi connectivity index (χ0v) is 16.2. The molecule has 0 unspecified atom stereocenters. The smallest absolute Gasteiger partial charge is 0.227 e. The van der Waals surface area contributed by atoms with Crippen molar-refractivity contribution in [3.05, 3.63) is 24.3 Å². The Kier molecular flexibility index (Phi) is 7.02. The minimum atomic E-state index is 0.611. The van der Waals surface area contributed by atoms with Gasteiger partial charge in [-0.25, -0.2) is 0 Å². The minimum absolute atomic E-state index is 0.611. The van der Waals surface area contributed by atoms with E-state index in [1.54, 1.807) is 11.8 Å². The molecular formula is C18H26N4O3S. The quantitative estimate of drug-likeness (QED) is 0.491. The van der Waals surface area contributed by atoms with Crippen molar-refractivity contribution in [2.75, 3.05) is 50.2 Å². The number of hydrogen-bond donors (Lipinski definition) is 0. The van der Waals surface area contributed by atoms with Crippen LogP contribution in [0.15, 0.2) is 29.4 Å². The maximum Gasteiger partial charge on any atom is 0.227 e. The molecular weight excluding hydrogens is 352 g/mol. The van der Waals surface area contributed by atoms with Gasteiger partial charge in [0.2, 0.25) is 5.95 Å². The summed E-state index contributed by atoms with van der Waals surface area (Å²) in [5.41, 5.74) is 0. The fourth-order valence-electron chi connectivity index (χ4n) is 2.62. The molecule has 0 atom stereocenters. The molecule has 1 aromatic carbocycles. The van der Waals surface area contributed by atoms with Crippen LogP contribution in [0.25, 0.3) is 0 Å². The van der Waals surface area contributed by atoms with Crippen LogP contribution in [-0.4, -0.2) is 60.0 Å². The molecule has 26 heavy (non-hydrogen) atoms. The first-order chi connectivity index (χ1) is 12.8. The number of nitrogens with zero attached hydrogens (tertiary/aromatic N) is 4. The number of rotatable bonds is 9. The summed E-state index contributed by atoms with van der Waals surface area (Å²) >= 11 is 1.65. The summed E-state index contributed by atoms with van der Waals surface area (Å²) in [6.45, 7) is 6.64. The number of thioether (sulfide) groups is 1. The molecule has 0 aliphatic carbocycles. The van der Waals surface area contributed by atoms with Crippen LogP contribution in [0.3, 0.4) is 0 Å².